The summed E-state index contributed by atoms with van der Waals surface area (Å²) < 4.78 is 68.9. The van der Waals surface area contributed by atoms with Crippen molar-refractivity contribution < 1.29 is 21.6 Å². The highest BCUT2D eigenvalue weighted by molar-refractivity contribution is 7.90. The van der Waals surface area contributed by atoms with Crippen LogP contribution in [0.15, 0.2) is 47.4 Å². The lowest BCUT2D eigenvalue weighted by Crippen LogP contribution is -2.32. The molecule has 0 radical (unpaired) electrons. The molecular weight excluding hydrogens is 451 g/mol. The summed E-state index contributed by atoms with van der Waals surface area (Å²) in [6.07, 6.45) is 0.979. The van der Waals surface area contributed by atoms with Crippen LogP contribution >= 0.6 is 11.6 Å². The molecule has 1 saturated heterocycles. The van der Waals surface area contributed by atoms with Crippen molar-refractivity contribution in [3.63, 3.8) is 0 Å². The molecule has 31 heavy (non-hydrogen) atoms. The number of alkyl halides is 3. The molecule has 2 aromatic carbocycles. The van der Waals surface area contributed by atoms with Gasteiger partial charge in [0.25, 0.3) is 15.9 Å². The Kier molecular flexibility index (Phi) is 4.41. The minimum absolute atomic E-state index is 0.123. The molecule has 0 amide bonds. The minimum atomic E-state index is -4.20. The van der Waals surface area contributed by atoms with Crippen molar-refractivity contribution in [1.82, 2.24) is 9.19 Å². The third kappa shape index (κ3) is 3.20. The molecule has 1 aliphatic carbocycles. The maximum atomic E-state index is 14.2. The van der Waals surface area contributed by atoms with Crippen molar-refractivity contribution in [2.75, 3.05) is 11.4 Å². The first-order valence-electron chi connectivity index (χ1n) is 9.86. The fourth-order valence-corrected chi connectivity index (χ4v) is 5.91. The number of anilines is 1. The van der Waals surface area contributed by atoms with E-state index in [1.54, 1.807) is 18.2 Å². The van der Waals surface area contributed by atoms with Crippen molar-refractivity contribution in [3.05, 3.63) is 53.1 Å². The van der Waals surface area contributed by atoms with Gasteiger partial charge in [0, 0.05) is 24.4 Å². The third-order valence-corrected chi connectivity index (χ3v) is 8.05. The third-order valence-electron chi connectivity index (χ3n) is 6.13. The average molecular weight is 470 g/mol. The normalized spacial score (nSPS) is 20.7. The Balaban J connectivity index is 1.66. The summed E-state index contributed by atoms with van der Waals surface area (Å²) in [5.74, 6) is -2.75. The molecule has 2 fully saturated rings. The number of benzene rings is 2. The monoisotopic (exact) mass is 469 g/mol. The van der Waals surface area contributed by atoms with E-state index in [1.807, 2.05) is 4.90 Å². The predicted octanol–water partition coefficient (Wildman–Crippen LogP) is 5.12. The molecule has 3 aromatic rings. The van der Waals surface area contributed by atoms with Gasteiger partial charge in [0.1, 0.15) is 6.17 Å². The van der Waals surface area contributed by atoms with E-state index in [4.69, 9.17) is 11.6 Å². The van der Waals surface area contributed by atoms with Gasteiger partial charge in [0.2, 0.25) is 0 Å². The van der Waals surface area contributed by atoms with E-state index in [-0.39, 0.29) is 28.1 Å². The van der Waals surface area contributed by atoms with Crippen LogP contribution in [0.3, 0.4) is 0 Å². The molecular formula is C21H19ClF3N3O2S. The Morgan fingerprint density at radius 3 is 2.45 bits per heavy atom. The lowest BCUT2D eigenvalue weighted by atomic mass is 10.1. The first kappa shape index (κ1) is 20.6. The first-order valence-corrected chi connectivity index (χ1v) is 11.7. The zero-order chi connectivity index (χ0) is 22.2. The van der Waals surface area contributed by atoms with Crippen molar-refractivity contribution in [3.8, 4) is 0 Å². The molecule has 1 aliphatic heterocycles. The van der Waals surface area contributed by atoms with Gasteiger partial charge in [0.15, 0.2) is 5.82 Å². The molecule has 1 atom stereocenters. The molecule has 10 heteroatoms. The molecule has 0 bridgehead atoms. The molecule has 0 N–H and O–H groups in total. The van der Waals surface area contributed by atoms with Gasteiger partial charge in [-0.1, -0.05) is 29.8 Å². The van der Waals surface area contributed by atoms with Gasteiger partial charge in [0.05, 0.1) is 27.4 Å². The van der Waals surface area contributed by atoms with E-state index in [2.05, 4.69) is 5.10 Å². The van der Waals surface area contributed by atoms with E-state index in [9.17, 15) is 21.6 Å². The second kappa shape index (κ2) is 6.62. The zero-order valence-electron chi connectivity index (χ0n) is 16.5. The topological polar surface area (TPSA) is 55.2 Å². The van der Waals surface area contributed by atoms with Crippen molar-refractivity contribution >= 4 is 38.3 Å². The Morgan fingerprint density at radius 1 is 1.16 bits per heavy atom. The first-order chi connectivity index (χ1) is 14.5. The predicted molar refractivity (Wildman–Crippen MR) is 112 cm³/mol. The van der Waals surface area contributed by atoms with E-state index < -0.39 is 22.1 Å². The molecule has 1 aromatic heterocycles. The van der Waals surface area contributed by atoms with Crippen LogP contribution in [0.1, 0.15) is 31.7 Å². The Labute approximate surface area is 182 Å². The SMILES string of the molecule is CC(F)(F)c1ccc(S(=O)(=O)n2nc(N3C[C@@H](F)CC34CC4)c3c(Cl)cccc32)cc1. The fraction of sp³-hybridized carbons (Fsp3) is 0.381. The molecule has 2 heterocycles. The zero-order valence-corrected chi connectivity index (χ0v) is 18.1. The smallest absolute Gasteiger partial charge is 0.283 e. The van der Waals surface area contributed by atoms with Crippen LogP contribution in [0.25, 0.3) is 10.9 Å². The summed E-state index contributed by atoms with van der Waals surface area (Å²) in [4.78, 5) is 1.65. The van der Waals surface area contributed by atoms with Crippen molar-refractivity contribution in [1.29, 1.82) is 0 Å². The van der Waals surface area contributed by atoms with Crippen LogP contribution < -0.4 is 4.90 Å². The maximum Gasteiger partial charge on any atom is 0.283 e. The number of fused-ring (bicyclic) bond motifs is 1. The number of hydrogen-bond donors (Lipinski definition) is 0. The van der Waals surface area contributed by atoms with Gasteiger partial charge < -0.3 is 4.90 Å². The molecule has 2 aliphatic rings. The van der Waals surface area contributed by atoms with Gasteiger partial charge in [-0.25, -0.2) is 13.2 Å². The van der Waals surface area contributed by atoms with Crippen LogP contribution in [0, 0.1) is 0 Å². The van der Waals surface area contributed by atoms with Gasteiger partial charge in [-0.05, 0) is 37.1 Å². The highest BCUT2D eigenvalue weighted by Crippen LogP contribution is 2.53. The van der Waals surface area contributed by atoms with E-state index in [0.717, 1.165) is 48.1 Å². The van der Waals surface area contributed by atoms with Gasteiger partial charge >= 0.3 is 0 Å². The maximum absolute atomic E-state index is 14.2. The summed E-state index contributed by atoms with van der Waals surface area (Å²) >= 11 is 6.42. The summed E-state index contributed by atoms with van der Waals surface area (Å²) in [6, 6.07) is 9.25. The Morgan fingerprint density at radius 2 is 1.84 bits per heavy atom. The Bertz CT molecular complexity index is 1280. The van der Waals surface area contributed by atoms with Crippen LogP contribution in [0.5, 0.6) is 0 Å². The number of halogens is 4. The number of aromatic nitrogens is 2. The molecule has 5 rings (SSSR count). The molecule has 5 nitrogen and oxygen atoms in total. The number of hydrogen-bond acceptors (Lipinski definition) is 4. The fourth-order valence-electron chi connectivity index (χ4n) is 4.38. The summed E-state index contributed by atoms with van der Waals surface area (Å²) in [5, 5.41) is 5.12. The van der Waals surface area contributed by atoms with Crippen LogP contribution in [0.4, 0.5) is 19.0 Å². The average Bonchev–Trinajstić information content (AvgIpc) is 3.23. The lowest BCUT2D eigenvalue weighted by Gasteiger charge is -2.24. The summed E-state index contributed by atoms with van der Waals surface area (Å²) in [7, 11) is -4.20. The highest BCUT2D eigenvalue weighted by atomic mass is 35.5. The minimum Gasteiger partial charge on any atom is -0.346 e. The highest BCUT2D eigenvalue weighted by Gasteiger charge is 2.55. The van der Waals surface area contributed by atoms with Crippen molar-refractivity contribution in [2.24, 2.45) is 0 Å². The van der Waals surface area contributed by atoms with Gasteiger partial charge in [-0.15, -0.1) is 5.10 Å². The van der Waals surface area contributed by atoms with E-state index in [1.165, 1.54) is 0 Å². The summed E-state index contributed by atoms with van der Waals surface area (Å²) in [5.41, 5.74) is -0.379. The van der Waals surface area contributed by atoms with E-state index >= 15 is 0 Å². The Hall–Kier alpha value is -2.26. The molecule has 1 saturated carbocycles. The van der Waals surface area contributed by atoms with Crippen LogP contribution in [-0.2, 0) is 15.9 Å². The van der Waals surface area contributed by atoms with E-state index in [0.29, 0.717) is 22.6 Å². The van der Waals surface area contributed by atoms with Crippen LogP contribution in [0.2, 0.25) is 5.02 Å². The summed E-state index contributed by atoms with van der Waals surface area (Å²) in [6.45, 7) is 0.866. The van der Waals surface area contributed by atoms with Gasteiger partial charge in [-0.3, -0.25) is 0 Å². The second-order valence-electron chi connectivity index (χ2n) is 8.35. The molecule has 0 unspecified atom stereocenters. The largest absolute Gasteiger partial charge is 0.346 e. The standard InChI is InChI=1S/C21H19ClF3N3O2S/c1-20(24,25)13-5-7-15(8-6-13)31(29,30)28-17-4-2-3-16(22)18(17)19(26-28)27-12-14(23)11-21(27)9-10-21/h2-8,14H,9-12H2,1H3/t14-/m0/s1. The van der Waals surface area contributed by atoms with Crippen molar-refractivity contribution in [2.45, 2.75) is 48.7 Å². The second-order valence-corrected chi connectivity index (χ2v) is 10.5. The number of nitrogens with zero attached hydrogens (tertiary/aromatic N) is 3. The van der Waals surface area contributed by atoms with Gasteiger partial charge in [-0.2, -0.15) is 12.5 Å². The lowest BCUT2D eigenvalue weighted by molar-refractivity contribution is 0.0174. The number of rotatable bonds is 4. The quantitative estimate of drug-likeness (QED) is 0.532. The van der Waals surface area contributed by atoms with Crippen LogP contribution in [-0.4, -0.2) is 35.9 Å². The molecule has 1 spiro atoms. The molecule has 164 valence electrons.